The molecule has 0 N–H and O–H groups in total. The maximum atomic E-state index is 4.39. The van der Waals surface area contributed by atoms with Crippen LogP contribution in [-0.4, -0.2) is 6.54 Å². The summed E-state index contributed by atoms with van der Waals surface area (Å²) in [6, 6.07) is 8.39. The zero-order chi connectivity index (χ0) is 6.81. The lowest BCUT2D eigenvalue weighted by Crippen LogP contribution is -1.96. The van der Waals surface area contributed by atoms with E-state index in [1.807, 2.05) is 6.07 Å². The van der Waals surface area contributed by atoms with Crippen LogP contribution >= 0.6 is 0 Å². The average molecular weight is 132 g/mol. The number of aryl methyl sites for hydroxylation is 1. The summed E-state index contributed by atoms with van der Waals surface area (Å²) in [5, 5.41) is 4.39. The quantitative estimate of drug-likeness (QED) is 0.515. The molecule has 0 spiro atoms. The minimum absolute atomic E-state index is 1.01. The number of hydrogen-bond donors (Lipinski definition) is 0. The lowest BCUT2D eigenvalue weighted by atomic mass is 10.0. The van der Waals surface area contributed by atoms with Crippen LogP contribution in [0.3, 0.4) is 0 Å². The third-order valence-electron chi connectivity index (χ3n) is 1.88. The van der Waals surface area contributed by atoms with E-state index >= 15 is 0 Å². The highest BCUT2D eigenvalue weighted by Crippen LogP contribution is 2.28. The maximum absolute atomic E-state index is 4.39. The van der Waals surface area contributed by atoms with Crippen molar-refractivity contribution in [3.05, 3.63) is 35.1 Å². The fraction of sp³-hybridized carbons (Fsp3) is 0.333. The second-order valence-electron chi connectivity index (χ2n) is 2.61. The molecule has 1 nitrogen and oxygen atoms in total. The van der Waals surface area contributed by atoms with Gasteiger partial charge in [-0.25, -0.2) is 0 Å². The zero-order valence-corrected chi connectivity index (χ0v) is 5.88. The first-order valence-corrected chi connectivity index (χ1v) is 3.72. The van der Waals surface area contributed by atoms with Gasteiger partial charge < -0.3 is 5.32 Å². The number of hydrogen-bond acceptors (Lipinski definition) is 0. The van der Waals surface area contributed by atoms with Gasteiger partial charge >= 0.3 is 0 Å². The number of fused-ring (bicyclic) bond motifs is 1. The van der Waals surface area contributed by atoms with Gasteiger partial charge in [-0.3, -0.25) is 0 Å². The van der Waals surface area contributed by atoms with Gasteiger partial charge in [-0.2, -0.15) is 0 Å². The highest BCUT2D eigenvalue weighted by atomic mass is 14.9. The van der Waals surface area contributed by atoms with Crippen LogP contribution in [0.15, 0.2) is 24.3 Å². The Morgan fingerprint density at radius 1 is 1.20 bits per heavy atom. The van der Waals surface area contributed by atoms with Crippen molar-refractivity contribution < 1.29 is 0 Å². The molecule has 0 amide bonds. The summed E-state index contributed by atoms with van der Waals surface area (Å²) in [7, 11) is 0. The Labute approximate surface area is 61.1 Å². The van der Waals surface area contributed by atoms with Gasteiger partial charge in [-0.15, -0.1) is 12.2 Å². The Bertz CT molecular complexity index is 205. The third kappa shape index (κ3) is 0.878. The van der Waals surface area contributed by atoms with Crippen molar-refractivity contribution >= 4 is 5.69 Å². The fourth-order valence-electron chi connectivity index (χ4n) is 1.35. The van der Waals surface area contributed by atoms with Gasteiger partial charge in [0.15, 0.2) is 0 Å². The molecule has 1 aromatic carbocycles. The van der Waals surface area contributed by atoms with Gasteiger partial charge in [0, 0.05) is 0 Å². The average Bonchev–Trinajstić information content (AvgIpc) is 2.05. The Hall–Kier alpha value is -0.980. The number of benzene rings is 1. The minimum Gasteiger partial charge on any atom is -0.684 e. The van der Waals surface area contributed by atoms with Crippen LogP contribution in [0, 0.1) is 0 Å². The Balaban J connectivity index is 2.41. The summed E-state index contributed by atoms with van der Waals surface area (Å²) in [6.45, 7) is 1.01. The van der Waals surface area contributed by atoms with Gasteiger partial charge in [0.2, 0.25) is 0 Å². The summed E-state index contributed by atoms with van der Waals surface area (Å²) >= 11 is 0. The van der Waals surface area contributed by atoms with E-state index in [2.05, 4.69) is 23.5 Å². The second-order valence-corrected chi connectivity index (χ2v) is 2.61. The molecule has 1 aromatic rings. The van der Waals surface area contributed by atoms with Crippen LogP contribution in [-0.2, 0) is 6.42 Å². The van der Waals surface area contributed by atoms with Crippen molar-refractivity contribution in [1.29, 1.82) is 0 Å². The predicted molar refractivity (Wildman–Crippen MR) is 42.6 cm³/mol. The first-order chi connectivity index (χ1) is 4.97. The summed E-state index contributed by atoms with van der Waals surface area (Å²) in [5.41, 5.74) is 2.61. The fourth-order valence-corrected chi connectivity index (χ4v) is 1.35. The molecule has 1 heterocycles. The van der Waals surface area contributed by atoms with E-state index in [-0.39, 0.29) is 0 Å². The molecule has 10 heavy (non-hydrogen) atoms. The SMILES string of the molecule is c1ccc2c(c1)CCC[N-]2. The molecule has 0 atom stereocenters. The van der Waals surface area contributed by atoms with Gasteiger partial charge in [0.1, 0.15) is 0 Å². The second kappa shape index (κ2) is 2.33. The largest absolute Gasteiger partial charge is 0.684 e. The van der Waals surface area contributed by atoms with E-state index in [0.29, 0.717) is 0 Å². The highest BCUT2D eigenvalue weighted by molar-refractivity contribution is 5.56. The van der Waals surface area contributed by atoms with Gasteiger partial charge in [0.25, 0.3) is 0 Å². The molecule has 0 aliphatic carbocycles. The van der Waals surface area contributed by atoms with Crippen molar-refractivity contribution in [1.82, 2.24) is 0 Å². The molecule has 1 aliphatic heterocycles. The van der Waals surface area contributed by atoms with Crippen molar-refractivity contribution in [2.24, 2.45) is 0 Å². The Morgan fingerprint density at radius 2 is 2.10 bits per heavy atom. The Kier molecular flexibility index (Phi) is 1.35. The van der Waals surface area contributed by atoms with Gasteiger partial charge in [-0.1, -0.05) is 36.2 Å². The van der Waals surface area contributed by atoms with E-state index in [0.717, 1.165) is 6.54 Å². The summed E-state index contributed by atoms with van der Waals surface area (Å²) < 4.78 is 0. The first kappa shape index (κ1) is 5.78. The van der Waals surface area contributed by atoms with Crippen molar-refractivity contribution in [2.75, 3.05) is 6.54 Å². The summed E-state index contributed by atoms with van der Waals surface area (Å²) in [6.07, 6.45) is 2.43. The van der Waals surface area contributed by atoms with Crippen molar-refractivity contribution in [2.45, 2.75) is 12.8 Å². The predicted octanol–water partition coefficient (Wildman–Crippen LogP) is 2.64. The normalized spacial score (nSPS) is 15.6. The molecule has 2 rings (SSSR count). The van der Waals surface area contributed by atoms with E-state index < -0.39 is 0 Å². The van der Waals surface area contributed by atoms with Crippen LogP contribution in [0.1, 0.15) is 12.0 Å². The molecule has 0 radical (unpaired) electrons. The number of para-hydroxylation sites is 1. The molecule has 1 heteroatoms. The third-order valence-corrected chi connectivity index (χ3v) is 1.88. The van der Waals surface area contributed by atoms with Crippen molar-refractivity contribution in [3.63, 3.8) is 0 Å². The molecule has 1 aliphatic rings. The molecular weight excluding hydrogens is 122 g/mol. The minimum atomic E-state index is 1.01. The summed E-state index contributed by atoms with van der Waals surface area (Å²) in [5.74, 6) is 0. The molecular formula is C9H10N-. The Morgan fingerprint density at radius 3 is 3.00 bits per heavy atom. The summed E-state index contributed by atoms with van der Waals surface area (Å²) in [4.78, 5) is 0. The van der Waals surface area contributed by atoms with Crippen LogP contribution < -0.4 is 0 Å². The topological polar surface area (TPSA) is 14.1 Å². The lowest BCUT2D eigenvalue weighted by Gasteiger charge is -2.29. The van der Waals surface area contributed by atoms with E-state index in [1.165, 1.54) is 24.1 Å². The van der Waals surface area contributed by atoms with Crippen molar-refractivity contribution in [3.8, 4) is 0 Å². The standard InChI is InChI=1S/C9H10N/c1-2-6-9-8(4-1)5-3-7-10-9/h1-2,4,6H,3,5,7H2/q-1. The molecule has 0 saturated carbocycles. The molecule has 0 bridgehead atoms. The number of rotatable bonds is 0. The van der Waals surface area contributed by atoms with Gasteiger partial charge in [-0.05, 0) is 6.42 Å². The monoisotopic (exact) mass is 132 g/mol. The molecule has 0 aromatic heterocycles. The van der Waals surface area contributed by atoms with Crippen LogP contribution in [0.25, 0.3) is 5.32 Å². The molecule has 0 fully saturated rings. The smallest absolute Gasteiger partial charge is 0.0305 e. The van der Waals surface area contributed by atoms with Gasteiger partial charge in [0.05, 0.1) is 0 Å². The molecule has 0 unspecified atom stereocenters. The van der Waals surface area contributed by atoms with Crippen LogP contribution in [0.4, 0.5) is 5.69 Å². The van der Waals surface area contributed by atoms with E-state index in [4.69, 9.17) is 0 Å². The zero-order valence-electron chi connectivity index (χ0n) is 5.88. The lowest BCUT2D eigenvalue weighted by molar-refractivity contribution is 0.855. The van der Waals surface area contributed by atoms with Crippen LogP contribution in [0.2, 0.25) is 0 Å². The van der Waals surface area contributed by atoms with E-state index in [9.17, 15) is 0 Å². The van der Waals surface area contributed by atoms with E-state index in [1.54, 1.807) is 0 Å². The molecule has 0 saturated heterocycles. The highest BCUT2D eigenvalue weighted by Gasteiger charge is 1.96. The molecule has 52 valence electrons. The first-order valence-electron chi connectivity index (χ1n) is 3.72. The van der Waals surface area contributed by atoms with Crippen LogP contribution in [0.5, 0.6) is 0 Å². The maximum Gasteiger partial charge on any atom is -0.0305 e. The number of nitrogens with zero attached hydrogens (tertiary/aromatic N) is 1.